The van der Waals surface area contributed by atoms with Gasteiger partial charge in [-0.1, -0.05) is 36.2 Å². The van der Waals surface area contributed by atoms with Gasteiger partial charge in [-0.2, -0.15) is 0 Å². The Balaban J connectivity index is 1.79. The van der Waals surface area contributed by atoms with E-state index >= 15 is 0 Å². The molecular weight excluding hydrogens is 537 g/mol. The molecule has 0 bridgehead atoms. The van der Waals surface area contributed by atoms with Crippen LogP contribution in [0.15, 0.2) is 42.7 Å². The molecule has 0 fully saturated rings. The van der Waals surface area contributed by atoms with Crippen LogP contribution in [0.1, 0.15) is 33.9 Å². The second-order valence-electron chi connectivity index (χ2n) is 8.83. The summed E-state index contributed by atoms with van der Waals surface area (Å²) >= 11 is 14.3. The monoisotopic (exact) mass is 567 g/mol. The van der Waals surface area contributed by atoms with E-state index in [1.165, 1.54) is 12.4 Å². The summed E-state index contributed by atoms with van der Waals surface area (Å²) in [4.78, 5) is 19.1. The molecule has 0 aliphatic carbocycles. The van der Waals surface area contributed by atoms with Crippen LogP contribution in [-0.4, -0.2) is 33.5 Å². The third kappa shape index (κ3) is 7.70. The zero-order valence-corrected chi connectivity index (χ0v) is 24.4. The molecule has 0 aliphatic rings. The van der Waals surface area contributed by atoms with Crippen LogP contribution in [0.4, 0.5) is 0 Å². The van der Waals surface area contributed by atoms with E-state index in [0.29, 0.717) is 33.7 Å². The molecule has 3 aromatic rings. The highest BCUT2D eigenvalue weighted by Gasteiger charge is 2.23. The lowest BCUT2D eigenvalue weighted by atomic mass is 10.0. The normalized spacial score (nSPS) is 12.3. The lowest BCUT2D eigenvalue weighted by molar-refractivity contribution is -0.148. The SMILES string of the molecule is CC[Si](C)(C)OCc1ccc(CC(=O)O[C@@H](Cc2c(Cl)cncc2Cl)c2ccc(OC)c(OC)c2)s1. The lowest BCUT2D eigenvalue weighted by Crippen LogP contribution is -2.28. The number of nitrogens with zero attached hydrogens (tertiary/aromatic N) is 1. The van der Waals surface area contributed by atoms with Gasteiger partial charge in [0.25, 0.3) is 0 Å². The quantitative estimate of drug-likeness (QED) is 0.169. The van der Waals surface area contributed by atoms with Crippen LogP contribution in [0.25, 0.3) is 0 Å². The standard InChI is InChI=1S/C26H31Cl2NO5SSi/c1-6-36(4,5)33-16-19-9-8-18(35-19)12-26(30)34-24(13-20-21(27)14-29-15-22(20)28)17-7-10-23(31-2)25(11-17)32-3/h7-11,14-15,24H,6,12-13,16H2,1-5H3/t24-/m0/s1. The van der Waals surface area contributed by atoms with Crippen molar-refractivity contribution >= 4 is 48.8 Å². The largest absolute Gasteiger partial charge is 0.493 e. The van der Waals surface area contributed by atoms with Crippen molar-refractivity contribution in [1.29, 1.82) is 0 Å². The number of benzene rings is 1. The van der Waals surface area contributed by atoms with Gasteiger partial charge in [-0.3, -0.25) is 9.78 Å². The van der Waals surface area contributed by atoms with Crippen molar-refractivity contribution in [2.24, 2.45) is 0 Å². The number of halogens is 2. The number of esters is 1. The summed E-state index contributed by atoms with van der Waals surface area (Å²) in [7, 11) is 1.49. The molecule has 0 aliphatic heterocycles. The molecule has 0 unspecified atom stereocenters. The first-order valence-electron chi connectivity index (χ1n) is 11.6. The maximum absolute atomic E-state index is 13.0. The first-order chi connectivity index (χ1) is 17.2. The first-order valence-corrected chi connectivity index (χ1v) is 16.2. The molecule has 2 heterocycles. The number of pyridine rings is 1. The Labute approximate surface area is 227 Å². The molecule has 0 radical (unpaired) electrons. The minimum absolute atomic E-state index is 0.154. The van der Waals surface area contributed by atoms with Crippen molar-refractivity contribution in [1.82, 2.24) is 4.98 Å². The summed E-state index contributed by atoms with van der Waals surface area (Å²) in [6.07, 6.45) is 2.83. The van der Waals surface area contributed by atoms with Crippen molar-refractivity contribution in [3.05, 3.63) is 73.7 Å². The molecular formula is C26H31Cl2NO5SSi. The van der Waals surface area contributed by atoms with Crippen LogP contribution in [-0.2, 0) is 33.4 Å². The second kappa shape index (κ2) is 12.9. The van der Waals surface area contributed by atoms with Crippen LogP contribution in [0.3, 0.4) is 0 Å². The number of hydrogen-bond donors (Lipinski definition) is 0. The average Bonchev–Trinajstić information content (AvgIpc) is 3.31. The van der Waals surface area contributed by atoms with Crippen molar-refractivity contribution in [3.8, 4) is 11.5 Å². The highest BCUT2D eigenvalue weighted by molar-refractivity contribution is 7.12. The van der Waals surface area contributed by atoms with E-state index in [4.69, 9.17) is 41.8 Å². The summed E-state index contributed by atoms with van der Waals surface area (Å²) in [5.74, 6) is 0.757. The summed E-state index contributed by atoms with van der Waals surface area (Å²) in [6.45, 7) is 7.13. The third-order valence-electron chi connectivity index (χ3n) is 5.89. The van der Waals surface area contributed by atoms with Gasteiger partial charge in [0.1, 0.15) is 6.10 Å². The van der Waals surface area contributed by atoms with E-state index in [-0.39, 0.29) is 18.8 Å². The van der Waals surface area contributed by atoms with Crippen LogP contribution >= 0.6 is 34.5 Å². The second-order valence-corrected chi connectivity index (χ2v) is 15.4. The zero-order valence-electron chi connectivity index (χ0n) is 21.1. The van der Waals surface area contributed by atoms with Gasteiger partial charge in [0.15, 0.2) is 19.8 Å². The topological polar surface area (TPSA) is 66.9 Å². The number of hydrogen-bond acceptors (Lipinski definition) is 7. The van der Waals surface area contributed by atoms with Gasteiger partial charge in [0.2, 0.25) is 0 Å². The van der Waals surface area contributed by atoms with Crippen LogP contribution < -0.4 is 9.47 Å². The summed E-state index contributed by atoms with van der Waals surface area (Å²) in [5, 5.41) is 0.816. The predicted molar refractivity (Wildman–Crippen MR) is 147 cm³/mol. The molecule has 0 amide bonds. The van der Waals surface area contributed by atoms with Gasteiger partial charge in [0.05, 0.1) is 37.3 Å². The van der Waals surface area contributed by atoms with E-state index in [1.807, 2.05) is 18.2 Å². The average molecular weight is 569 g/mol. The molecule has 0 saturated carbocycles. The minimum Gasteiger partial charge on any atom is -0.493 e. The minimum atomic E-state index is -1.63. The molecule has 0 spiro atoms. The molecule has 10 heteroatoms. The maximum Gasteiger partial charge on any atom is 0.311 e. The van der Waals surface area contributed by atoms with Crippen LogP contribution in [0.5, 0.6) is 11.5 Å². The number of methoxy groups -OCH3 is 2. The van der Waals surface area contributed by atoms with Gasteiger partial charge < -0.3 is 18.6 Å². The Hall–Kier alpha value is -2.10. The predicted octanol–water partition coefficient (Wildman–Crippen LogP) is 7.28. The third-order valence-corrected chi connectivity index (χ3v) is 10.2. The Bertz CT molecular complexity index is 1170. The fraction of sp³-hybridized carbons (Fsp3) is 0.385. The molecule has 1 atom stereocenters. The lowest BCUT2D eigenvalue weighted by Gasteiger charge is -2.21. The van der Waals surface area contributed by atoms with Gasteiger partial charge in [0, 0.05) is 28.6 Å². The van der Waals surface area contributed by atoms with Gasteiger partial charge in [-0.15, -0.1) is 11.3 Å². The Morgan fingerprint density at radius 1 is 1.03 bits per heavy atom. The molecule has 0 saturated heterocycles. The van der Waals surface area contributed by atoms with E-state index in [2.05, 4.69) is 25.0 Å². The highest BCUT2D eigenvalue weighted by atomic mass is 35.5. The Kier molecular flexibility index (Phi) is 10.2. The number of ether oxygens (including phenoxy) is 3. The summed E-state index contributed by atoms with van der Waals surface area (Å²) in [5.41, 5.74) is 1.39. The van der Waals surface area contributed by atoms with Crippen molar-refractivity contribution in [3.63, 3.8) is 0 Å². The van der Waals surface area contributed by atoms with E-state index in [9.17, 15) is 4.79 Å². The zero-order chi connectivity index (χ0) is 26.3. The molecule has 2 aromatic heterocycles. The van der Waals surface area contributed by atoms with Gasteiger partial charge >= 0.3 is 5.97 Å². The van der Waals surface area contributed by atoms with Crippen LogP contribution in [0.2, 0.25) is 29.2 Å². The molecule has 6 nitrogen and oxygen atoms in total. The summed E-state index contributed by atoms with van der Waals surface area (Å²) < 4.78 is 22.9. The van der Waals surface area contributed by atoms with E-state index in [0.717, 1.165) is 21.4 Å². The molecule has 3 rings (SSSR count). The van der Waals surface area contributed by atoms with E-state index < -0.39 is 14.4 Å². The molecule has 1 aromatic carbocycles. The number of carbonyl (C=O) groups is 1. The van der Waals surface area contributed by atoms with Gasteiger partial charge in [-0.25, -0.2) is 0 Å². The Morgan fingerprint density at radius 3 is 2.33 bits per heavy atom. The first kappa shape index (κ1) is 28.5. The fourth-order valence-electron chi connectivity index (χ4n) is 3.41. The molecule has 194 valence electrons. The van der Waals surface area contributed by atoms with E-state index in [1.54, 1.807) is 37.7 Å². The number of thiophene rings is 1. The number of aromatic nitrogens is 1. The van der Waals surface area contributed by atoms with Crippen LogP contribution in [0, 0.1) is 0 Å². The molecule has 36 heavy (non-hydrogen) atoms. The highest BCUT2D eigenvalue weighted by Crippen LogP contribution is 2.35. The van der Waals surface area contributed by atoms with Gasteiger partial charge in [-0.05, 0) is 54.5 Å². The van der Waals surface area contributed by atoms with Crippen molar-refractivity contribution in [2.75, 3.05) is 14.2 Å². The summed E-state index contributed by atoms with van der Waals surface area (Å²) in [6, 6.07) is 10.4. The van der Waals surface area contributed by atoms with Crippen molar-refractivity contribution < 1.29 is 23.4 Å². The fourth-order valence-corrected chi connectivity index (χ4v) is 5.70. The molecule has 0 N–H and O–H groups in total. The Morgan fingerprint density at radius 2 is 1.69 bits per heavy atom. The number of rotatable bonds is 12. The number of carbonyl (C=O) groups excluding carboxylic acids is 1. The maximum atomic E-state index is 13.0. The smallest absolute Gasteiger partial charge is 0.311 e. The van der Waals surface area contributed by atoms with Crippen molar-refractivity contribution in [2.45, 2.75) is 51.6 Å².